The van der Waals surface area contributed by atoms with Gasteiger partial charge in [-0.2, -0.15) is 0 Å². The van der Waals surface area contributed by atoms with Gasteiger partial charge in [-0.15, -0.1) is 0 Å². The van der Waals surface area contributed by atoms with Gasteiger partial charge in [-0.1, -0.05) is 46.5 Å². The SMILES string of the molecule is CC(C)C(N)C(=O)O.CCCCCCCN1C=CN(C)C1. The molecule has 1 aliphatic rings. The van der Waals surface area contributed by atoms with Crippen molar-refractivity contribution in [2.24, 2.45) is 11.7 Å². The number of rotatable bonds is 8. The Bertz CT molecular complexity index is 306. The highest BCUT2D eigenvalue weighted by atomic mass is 16.4. The average molecular weight is 299 g/mol. The van der Waals surface area contributed by atoms with Crippen molar-refractivity contribution in [1.29, 1.82) is 0 Å². The molecule has 0 fully saturated rings. The molecule has 0 amide bonds. The van der Waals surface area contributed by atoms with Crippen LogP contribution in [0.25, 0.3) is 0 Å². The minimum atomic E-state index is -0.931. The van der Waals surface area contributed by atoms with Gasteiger partial charge >= 0.3 is 5.97 Å². The first-order valence-electron chi connectivity index (χ1n) is 7.99. The number of nitrogens with zero attached hydrogens (tertiary/aromatic N) is 2. The van der Waals surface area contributed by atoms with Crippen molar-refractivity contribution in [1.82, 2.24) is 9.80 Å². The summed E-state index contributed by atoms with van der Waals surface area (Å²) in [5, 5.41) is 8.23. The van der Waals surface area contributed by atoms with Gasteiger partial charge in [0.05, 0.1) is 6.67 Å². The highest BCUT2D eigenvalue weighted by molar-refractivity contribution is 5.73. The zero-order valence-corrected chi connectivity index (χ0v) is 14.1. The number of aliphatic carboxylic acids is 1. The summed E-state index contributed by atoms with van der Waals surface area (Å²) in [4.78, 5) is 14.6. The fraction of sp³-hybridized carbons (Fsp3) is 0.812. The number of hydrogen-bond acceptors (Lipinski definition) is 4. The van der Waals surface area contributed by atoms with E-state index in [9.17, 15) is 4.79 Å². The molecule has 1 atom stereocenters. The maximum Gasteiger partial charge on any atom is 0.320 e. The Labute approximate surface area is 129 Å². The predicted molar refractivity (Wildman–Crippen MR) is 87.7 cm³/mol. The molecule has 0 spiro atoms. The normalized spacial score (nSPS) is 15.1. The van der Waals surface area contributed by atoms with Crippen LogP contribution in [0.3, 0.4) is 0 Å². The standard InChI is InChI=1S/C11H22N2.C5H11NO2/c1-3-4-5-6-7-8-13-10-9-12(2)11-13;1-3(2)4(6)5(7)8/h9-10H,3-8,11H2,1-2H3;3-4H,6H2,1-2H3,(H,7,8). The Kier molecular flexibility index (Phi) is 10.8. The van der Waals surface area contributed by atoms with Crippen LogP contribution < -0.4 is 5.73 Å². The van der Waals surface area contributed by atoms with Crippen molar-refractivity contribution in [3.63, 3.8) is 0 Å². The molecule has 3 N–H and O–H groups in total. The summed E-state index contributed by atoms with van der Waals surface area (Å²) in [6.45, 7) is 8.12. The molecule has 124 valence electrons. The third-order valence-corrected chi connectivity index (χ3v) is 3.49. The van der Waals surface area contributed by atoms with E-state index in [2.05, 4.69) is 36.2 Å². The van der Waals surface area contributed by atoms with E-state index in [1.54, 1.807) is 13.8 Å². The molecule has 0 aromatic heterocycles. The summed E-state index contributed by atoms with van der Waals surface area (Å²) in [6, 6.07) is -0.713. The molecule has 1 aliphatic heterocycles. The molecule has 0 aliphatic carbocycles. The Hall–Kier alpha value is -1.23. The second-order valence-electron chi connectivity index (χ2n) is 6.03. The molecule has 0 saturated heterocycles. The lowest BCUT2D eigenvalue weighted by Crippen LogP contribution is -2.34. The lowest BCUT2D eigenvalue weighted by molar-refractivity contribution is -0.139. The molecule has 0 aromatic rings. The molecule has 21 heavy (non-hydrogen) atoms. The molecular formula is C16H33N3O2. The largest absolute Gasteiger partial charge is 0.480 e. The third kappa shape index (κ3) is 10.2. The van der Waals surface area contributed by atoms with Gasteiger partial charge in [0.25, 0.3) is 0 Å². The zero-order chi connectivity index (χ0) is 16.3. The number of carbonyl (C=O) groups is 1. The molecule has 0 bridgehead atoms. The first kappa shape index (κ1) is 19.8. The first-order valence-corrected chi connectivity index (χ1v) is 7.99. The topological polar surface area (TPSA) is 69.8 Å². The number of carboxylic acids is 1. The van der Waals surface area contributed by atoms with Crippen LogP contribution in [-0.2, 0) is 4.79 Å². The van der Waals surface area contributed by atoms with Gasteiger partial charge in [-0.05, 0) is 12.3 Å². The number of hydrogen-bond donors (Lipinski definition) is 2. The van der Waals surface area contributed by atoms with Crippen LogP contribution in [0.1, 0.15) is 52.9 Å². The summed E-state index contributed by atoms with van der Waals surface area (Å²) in [5.74, 6) is -0.910. The lowest BCUT2D eigenvalue weighted by Gasteiger charge is -2.17. The first-order chi connectivity index (χ1) is 9.88. The molecule has 1 unspecified atom stereocenters. The van der Waals surface area contributed by atoms with E-state index in [0.29, 0.717) is 0 Å². The van der Waals surface area contributed by atoms with Gasteiger partial charge in [0, 0.05) is 26.0 Å². The van der Waals surface area contributed by atoms with Gasteiger partial charge in [0.2, 0.25) is 0 Å². The molecule has 0 saturated carbocycles. The smallest absolute Gasteiger partial charge is 0.320 e. The molecule has 1 rings (SSSR count). The Morgan fingerprint density at radius 3 is 2.24 bits per heavy atom. The summed E-state index contributed by atoms with van der Waals surface area (Å²) in [7, 11) is 2.12. The fourth-order valence-corrected chi connectivity index (χ4v) is 1.94. The summed E-state index contributed by atoms with van der Waals surface area (Å²) < 4.78 is 0. The minimum Gasteiger partial charge on any atom is -0.480 e. The Morgan fingerprint density at radius 1 is 1.24 bits per heavy atom. The van der Waals surface area contributed by atoms with Crippen molar-refractivity contribution >= 4 is 5.97 Å². The van der Waals surface area contributed by atoms with Crippen molar-refractivity contribution < 1.29 is 9.90 Å². The molecule has 5 heteroatoms. The van der Waals surface area contributed by atoms with Crippen LogP contribution in [-0.4, -0.2) is 47.2 Å². The van der Waals surface area contributed by atoms with E-state index in [1.165, 1.54) is 38.6 Å². The van der Waals surface area contributed by atoms with E-state index in [4.69, 9.17) is 10.8 Å². The highest BCUT2D eigenvalue weighted by Crippen LogP contribution is 2.07. The van der Waals surface area contributed by atoms with Crippen LogP contribution in [0.4, 0.5) is 0 Å². The monoisotopic (exact) mass is 299 g/mol. The van der Waals surface area contributed by atoms with Gasteiger partial charge in [-0.3, -0.25) is 4.79 Å². The third-order valence-electron chi connectivity index (χ3n) is 3.49. The second kappa shape index (κ2) is 11.4. The molecule has 0 radical (unpaired) electrons. The average Bonchev–Trinajstić information content (AvgIpc) is 2.84. The second-order valence-corrected chi connectivity index (χ2v) is 6.03. The van der Waals surface area contributed by atoms with Crippen molar-refractivity contribution in [3.8, 4) is 0 Å². The van der Waals surface area contributed by atoms with E-state index in [0.717, 1.165) is 6.67 Å². The van der Waals surface area contributed by atoms with Crippen molar-refractivity contribution in [2.75, 3.05) is 20.3 Å². The van der Waals surface area contributed by atoms with Gasteiger partial charge in [0.1, 0.15) is 6.04 Å². The van der Waals surface area contributed by atoms with Gasteiger partial charge in [-0.25, -0.2) is 0 Å². The number of unbranched alkanes of at least 4 members (excludes halogenated alkanes) is 4. The molecule has 1 heterocycles. The highest BCUT2D eigenvalue weighted by Gasteiger charge is 2.14. The maximum atomic E-state index is 10.0. The van der Waals surface area contributed by atoms with E-state index < -0.39 is 12.0 Å². The lowest BCUT2D eigenvalue weighted by atomic mass is 10.1. The number of carboxylic acid groups (broad SMARTS) is 1. The number of nitrogens with two attached hydrogens (primary N) is 1. The Morgan fingerprint density at radius 2 is 1.86 bits per heavy atom. The van der Waals surface area contributed by atoms with Crippen LogP contribution in [0.15, 0.2) is 12.4 Å². The molecular weight excluding hydrogens is 266 g/mol. The van der Waals surface area contributed by atoms with E-state index >= 15 is 0 Å². The summed E-state index contributed by atoms with van der Waals surface area (Å²) in [6.07, 6.45) is 11.2. The Balaban J connectivity index is 0.000000433. The van der Waals surface area contributed by atoms with Crippen LogP contribution in [0.2, 0.25) is 0 Å². The molecule has 0 aromatic carbocycles. The fourth-order valence-electron chi connectivity index (χ4n) is 1.94. The van der Waals surface area contributed by atoms with Crippen LogP contribution in [0.5, 0.6) is 0 Å². The van der Waals surface area contributed by atoms with Crippen molar-refractivity contribution in [2.45, 2.75) is 58.9 Å². The quantitative estimate of drug-likeness (QED) is 0.674. The zero-order valence-electron chi connectivity index (χ0n) is 14.1. The van der Waals surface area contributed by atoms with E-state index in [1.807, 2.05) is 0 Å². The maximum absolute atomic E-state index is 10.0. The van der Waals surface area contributed by atoms with Crippen molar-refractivity contribution in [3.05, 3.63) is 12.4 Å². The van der Waals surface area contributed by atoms with Crippen LogP contribution >= 0.6 is 0 Å². The van der Waals surface area contributed by atoms with Gasteiger partial charge < -0.3 is 20.6 Å². The van der Waals surface area contributed by atoms with E-state index in [-0.39, 0.29) is 5.92 Å². The summed E-state index contributed by atoms with van der Waals surface area (Å²) in [5.41, 5.74) is 5.16. The minimum absolute atomic E-state index is 0.0208. The van der Waals surface area contributed by atoms with Crippen LogP contribution in [0, 0.1) is 5.92 Å². The van der Waals surface area contributed by atoms with Gasteiger partial charge in [0.15, 0.2) is 0 Å². The summed E-state index contributed by atoms with van der Waals surface area (Å²) >= 11 is 0. The predicted octanol–water partition coefficient (Wildman–Crippen LogP) is 2.69. The molecule has 5 nitrogen and oxygen atoms in total.